The second-order valence-electron chi connectivity index (χ2n) is 3.02. The highest BCUT2D eigenvalue weighted by atomic mass is 16.2. The summed E-state index contributed by atoms with van der Waals surface area (Å²) >= 11 is 0. The molecular weight excluding hydrogens is 182 g/mol. The van der Waals surface area contributed by atoms with Crippen molar-refractivity contribution in [3.05, 3.63) is 0 Å². The molecule has 0 spiro atoms. The van der Waals surface area contributed by atoms with Crippen molar-refractivity contribution < 1.29 is 9.59 Å². The molecule has 0 aromatic carbocycles. The summed E-state index contributed by atoms with van der Waals surface area (Å²) in [6.07, 6.45) is 2.31. The molecule has 4 N–H and O–H groups in total. The van der Waals surface area contributed by atoms with Crippen LogP contribution in [-0.4, -0.2) is 32.0 Å². The van der Waals surface area contributed by atoms with Gasteiger partial charge in [-0.25, -0.2) is 0 Å². The van der Waals surface area contributed by atoms with Crippen molar-refractivity contribution in [2.45, 2.75) is 25.7 Å². The maximum atomic E-state index is 11.0. The molecule has 0 atom stereocenters. The first-order valence-corrected chi connectivity index (χ1v) is 4.88. The fraction of sp³-hybridized carbons (Fsp3) is 0.778. The molecule has 2 amide bonds. The molecule has 0 aliphatic carbocycles. The first-order chi connectivity index (χ1) is 6.70. The van der Waals surface area contributed by atoms with Gasteiger partial charge in [-0.3, -0.25) is 9.59 Å². The summed E-state index contributed by atoms with van der Waals surface area (Å²) in [5, 5.41) is 5.24. The SMILES string of the molecule is CNC(=O)CCCNC(=O)CCCN. The lowest BCUT2D eigenvalue weighted by molar-refractivity contribution is -0.122. The molecule has 0 bridgehead atoms. The minimum Gasteiger partial charge on any atom is -0.359 e. The normalized spacial score (nSPS) is 9.57. The summed E-state index contributed by atoms with van der Waals surface area (Å²) in [4.78, 5) is 21.8. The Hall–Kier alpha value is -1.10. The topological polar surface area (TPSA) is 84.2 Å². The van der Waals surface area contributed by atoms with E-state index in [1.165, 1.54) is 0 Å². The number of carbonyl (C=O) groups is 2. The van der Waals surface area contributed by atoms with E-state index in [9.17, 15) is 9.59 Å². The number of carbonyl (C=O) groups excluding carboxylic acids is 2. The van der Waals surface area contributed by atoms with Crippen LogP contribution in [-0.2, 0) is 9.59 Å². The molecule has 0 rings (SSSR count). The average Bonchev–Trinajstić information content (AvgIpc) is 2.21. The van der Waals surface area contributed by atoms with Crippen LogP contribution in [0, 0.1) is 0 Å². The quantitative estimate of drug-likeness (QED) is 0.479. The fourth-order valence-corrected chi connectivity index (χ4v) is 0.953. The number of hydrogen-bond acceptors (Lipinski definition) is 3. The van der Waals surface area contributed by atoms with Gasteiger partial charge in [-0.1, -0.05) is 0 Å². The van der Waals surface area contributed by atoms with Gasteiger partial charge in [-0.15, -0.1) is 0 Å². The summed E-state index contributed by atoms with van der Waals surface area (Å²) in [5.41, 5.74) is 5.26. The molecule has 82 valence electrons. The smallest absolute Gasteiger partial charge is 0.220 e. The second-order valence-corrected chi connectivity index (χ2v) is 3.02. The van der Waals surface area contributed by atoms with Gasteiger partial charge in [0.25, 0.3) is 0 Å². The molecule has 0 aromatic heterocycles. The van der Waals surface area contributed by atoms with Crippen molar-refractivity contribution in [3.63, 3.8) is 0 Å². The van der Waals surface area contributed by atoms with Crippen LogP contribution >= 0.6 is 0 Å². The van der Waals surface area contributed by atoms with Crippen molar-refractivity contribution in [2.24, 2.45) is 5.73 Å². The molecule has 5 nitrogen and oxygen atoms in total. The van der Waals surface area contributed by atoms with Crippen LogP contribution in [0.4, 0.5) is 0 Å². The van der Waals surface area contributed by atoms with E-state index in [0.29, 0.717) is 38.8 Å². The summed E-state index contributed by atoms with van der Waals surface area (Å²) in [6, 6.07) is 0. The van der Waals surface area contributed by atoms with Crippen LogP contribution in [0.15, 0.2) is 0 Å². The number of nitrogens with two attached hydrogens (primary N) is 1. The van der Waals surface area contributed by atoms with E-state index in [0.717, 1.165) is 0 Å². The van der Waals surface area contributed by atoms with Crippen molar-refractivity contribution >= 4 is 11.8 Å². The first kappa shape index (κ1) is 12.9. The van der Waals surface area contributed by atoms with Crippen molar-refractivity contribution in [1.29, 1.82) is 0 Å². The maximum absolute atomic E-state index is 11.0. The standard InChI is InChI=1S/C9H19N3O2/c1-11-8(13)5-3-7-12-9(14)4-2-6-10/h2-7,10H2,1H3,(H,11,13)(H,12,14). The predicted octanol–water partition coefficient (Wildman–Crippen LogP) is -0.632. The van der Waals surface area contributed by atoms with Gasteiger partial charge >= 0.3 is 0 Å². The molecule has 0 radical (unpaired) electrons. The fourth-order valence-electron chi connectivity index (χ4n) is 0.953. The van der Waals surface area contributed by atoms with Gasteiger partial charge in [-0.2, -0.15) is 0 Å². The van der Waals surface area contributed by atoms with Crippen LogP contribution < -0.4 is 16.4 Å². The van der Waals surface area contributed by atoms with Crippen molar-refractivity contribution in [2.75, 3.05) is 20.1 Å². The first-order valence-electron chi connectivity index (χ1n) is 4.88. The van der Waals surface area contributed by atoms with Crippen LogP contribution in [0.3, 0.4) is 0 Å². The third kappa shape index (κ3) is 7.54. The monoisotopic (exact) mass is 201 g/mol. The summed E-state index contributed by atoms with van der Waals surface area (Å²) < 4.78 is 0. The Kier molecular flexibility index (Phi) is 7.83. The minimum absolute atomic E-state index is 0.00112. The van der Waals surface area contributed by atoms with Crippen LogP contribution in [0.25, 0.3) is 0 Å². The molecule has 0 saturated carbocycles. The molecule has 0 unspecified atom stereocenters. The van der Waals surface area contributed by atoms with Crippen molar-refractivity contribution in [1.82, 2.24) is 10.6 Å². The number of hydrogen-bond donors (Lipinski definition) is 3. The van der Waals surface area contributed by atoms with E-state index in [1.54, 1.807) is 7.05 Å². The summed E-state index contributed by atoms with van der Waals surface area (Å²) in [7, 11) is 1.60. The van der Waals surface area contributed by atoms with Gasteiger partial charge in [0.15, 0.2) is 0 Å². The highest BCUT2D eigenvalue weighted by Gasteiger charge is 2.00. The molecular formula is C9H19N3O2. The average molecular weight is 201 g/mol. The molecule has 0 aromatic rings. The van der Waals surface area contributed by atoms with Gasteiger partial charge in [0.05, 0.1) is 0 Å². The summed E-state index contributed by atoms with van der Waals surface area (Å²) in [6.45, 7) is 1.09. The highest BCUT2D eigenvalue weighted by Crippen LogP contribution is 1.89. The van der Waals surface area contributed by atoms with E-state index in [-0.39, 0.29) is 11.8 Å². The molecule has 0 fully saturated rings. The third-order valence-corrected chi connectivity index (χ3v) is 1.79. The maximum Gasteiger partial charge on any atom is 0.220 e. The predicted molar refractivity (Wildman–Crippen MR) is 54.6 cm³/mol. The van der Waals surface area contributed by atoms with E-state index in [4.69, 9.17) is 5.73 Å². The zero-order valence-electron chi connectivity index (χ0n) is 8.64. The Morgan fingerprint density at radius 2 is 1.79 bits per heavy atom. The lowest BCUT2D eigenvalue weighted by Gasteiger charge is -2.03. The third-order valence-electron chi connectivity index (χ3n) is 1.79. The molecule has 0 aliphatic heterocycles. The Morgan fingerprint density at radius 1 is 1.14 bits per heavy atom. The Labute approximate surface area is 84.4 Å². The number of nitrogens with one attached hydrogen (secondary N) is 2. The van der Waals surface area contributed by atoms with Gasteiger partial charge in [0.1, 0.15) is 0 Å². The number of amides is 2. The lowest BCUT2D eigenvalue weighted by atomic mass is 10.2. The van der Waals surface area contributed by atoms with Gasteiger partial charge in [0.2, 0.25) is 11.8 Å². The molecule has 0 heterocycles. The molecule has 0 aliphatic rings. The Balaban J connectivity index is 3.27. The van der Waals surface area contributed by atoms with E-state index >= 15 is 0 Å². The highest BCUT2D eigenvalue weighted by molar-refractivity contribution is 5.76. The Morgan fingerprint density at radius 3 is 2.36 bits per heavy atom. The second kappa shape index (κ2) is 8.50. The van der Waals surface area contributed by atoms with Gasteiger partial charge in [0, 0.05) is 26.4 Å². The van der Waals surface area contributed by atoms with E-state index in [2.05, 4.69) is 10.6 Å². The van der Waals surface area contributed by atoms with Crippen molar-refractivity contribution in [3.8, 4) is 0 Å². The molecule has 5 heteroatoms. The van der Waals surface area contributed by atoms with E-state index < -0.39 is 0 Å². The zero-order chi connectivity index (χ0) is 10.8. The van der Waals surface area contributed by atoms with Gasteiger partial charge in [-0.05, 0) is 19.4 Å². The van der Waals surface area contributed by atoms with Crippen LogP contribution in [0.5, 0.6) is 0 Å². The van der Waals surface area contributed by atoms with Crippen LogP contribution in [0.1, 0.15) is 25.7 Å². The summed E-state index contributed by atoms with van der Waals surface area (Å²) in [5.74, 6) is 0.00793. The van der Waals surface area contributed by atoms with Gasteiger partial charge < -0.3 is 16.4 Å². The largest absolute Gasteiger partial charge is 0.359 e. The lowest BCUT2D eigenvalue weighted by Crippen LogP contribution is -2.26. The molecule has 14 heavy (non-hydrogen) atoms. The zero-order valence-corrected chi connectivity index (χ0v) is 8.64. The molecule has 0 saturated heterocycles. The minimum atomic E-state index is 0.00112. The van der Waals surface area contributed by atoms with E-state index in [1.807, 2.05) is 0 Å². The Bertz CT molecular complexity index is 183. The number of rotatable bonds is 7. The van der Waals surface area contributed by atoms with Crippen LogP contribution in [0.2, 0.25) is 0 Å².